The number of ketones is 1. The predicted octanol–water partition coefficient (Wildman–Crippen LogP) is 1.69. The maximum atomic E-state index is 12.5. The number of hydrogen-bond acceptors (Lipinski definition) is 6. The van der Waals surface area contributed by atoms with Crippen molar-refractivity contribution in [1.29, 1.82) is 0 Å². The molecule has 0 spiro atoms. The molecule has 24 heavy (non-hydrogen) atoms. The summed E-state index contributed by atoms with van der Waals surface area (Å²) in [6, 6.07) is 11.7. The summed E-state index contributed by atoms with van der Waals surface area (Å²) < 4.78 is 11.4. The van der Waals surface area contributed by atoms with Crippen LogP contribution in [0.15, 0.2) is 47.3 Å². The minimum Gasteiger partial charge on any atom is -0.497 e. The zero-order valence-electron chi connectivity index (χ0n) is 13.2. The number of aromatic nitrogens is 3. The minimum absolute atomic E-state index is 0.223. The zero-order chi connectivity index (χ0) is 17.1. The first-order chi connectivity index (χ1) is 11.6. The van der Waals surface area contributed by atoms with Crippen LogP contribution in [0.3, 0.4) is 0 Å². The van der Waals surface area contributed by atoms with Crippen LogP contribution in [0.5, 0.6) is 11.5 Å². The fraction of sp³-hybridized carbons (Fsp3) is 0.176. The highest BCUT2D eigenvalue weighted by atomic mass is 16.5. The Hall–Kier alpha value is -3.22. The predicted molar refractivity (Wildman–Crippen MR) is 87.7 cm³/mol. The molecule has 122 valence electrons. The van der Waals surface area contributed by atoms with Gasteiger partial charge in [0.2, 0.25) is 0 Å². The molecule has 1 aromatic heterocycles. The second kappa shape index (κ2) is 6.49. The van der Waals surface area contributed by atoms with E-state index in [1.165, 1.54) is 14.2 Å². The standard InChI is InChI=1S/C17H15N3O4/c1-23-11-7-8-13(16(9-11)24-2)15(21)10-20-17(22)12-5-3-4-6-14(12)18-19-20/h3-9H,10H2,1-2H3. The van der Waals surface area contributed by atoms with Crippen molar-refractivity contribution in [3.8, 4) is 11.5 Å². The van der Waals surface area contributed by atoms with Crippen molar-refractivity contribution in [2.24, 2.45) is 0 Å². The highest BCUT2D eigenvalue weighted by molar-refractivity contribution is 5.98. The molecule has 0 fully saturated rings. The normalized spacial score (nSPS) is 10.6. The smallest absolute Gasteiger partial charge is 0.278 e. The Morgan fingerprint density at radius 2 is 1.92 bits per heavy atom. The molecule has 1 heterocycles. The number of carbonyl (C=O) groups is 1. The minimum atomic E-state index is -0.360. The molecule has 0 radical (unpaired) electrons. The van der Waals surface area contributed by atoms with Gasteiger partial charge in [-0.2, -0.15) is 0 Å². The Morgan fingerprint density at radius 3 is 2.67 bits per heavy atom. The summed E-state index contributed by atoms with van der Waals surface area (Å²) in [5, 5.41) is 8.22. The maximum absolute atomic E-state index is 12.5. The van der Waals surface area contributed by atoms with Gasteiger partial charge >= 0.3 is 0 Å². The number of benzene rings is 2. The average Bonchev–Trinajstić information content (AvgIpc) is 2.63. The number of nitrogens with zero attached hydrogens (tertiary/aromatic N) is 3. The molecule has 0 bridgehead atoms. The van der Waals surface area contributed by atoms with Gasteiger partial charge in [0, 0.05) is 6.07 Å². The van der Waals surface area contributed by atoms with Crippen LogP contribution in [0.2, 0.25) is 0 Å². The first-order valence-corrected chi connectivity index (χ1v) is 7.22. The van der Waals surface area contributed by atoms with Crippen molar-refractivity contribution in [3.05, 3.63) is 58.4 Å². The zero-order valence-corrected chi connectivity index (χ0v) is 13.2. The molecule has 3 rings (SSSR count). The van der Waals surface area contributed by atoms with Gasteiger partial charge in [-0.05, 0) is 24.3 Å². The fourth-order valence-corrected chi connectivity index (χ4v) is 2.38. The lowest BCUT2D eigenvalue weighted by molar-refractivity contribution is 0.0961. The third kappa shape index (κ3) is 2.83. The van der Waals surface area contributed by atoms with E-state index in [-0.39, 0.29) is 17.9 Å². The summed E-state index contributed by atoms with van der Waals surface area (Å²) in [5.41, 5.74) is 0.481. The first kappa shape index (κ1) is 15.7. The number of carbonyl (C=O) groups excluding carboxylic acids is 1. The van der Waals surface area contributed by atoms with Crippen LogP contribution in [0.1, 0.15) is 10.4 Å². The summed E-state index contributed by atoms with van der Waals surface area (Å²) in [6.07, 6.45) is 0. The van der Waals surface area contributed by atoms with Gasteiger partial charge in [0.05, 0.1) is 25.2 Å². The quantitative estimate of drug-likeness (QED) is 0.664. The number of Topliss-reactive ketones (excluding diaryl/α,β-unsaturated/α-hetero) is 1. The average molecular weight is 325 g/mol. The number of rotatable bonds is 5. The van der Waals surface area contributed by atoms with Crippen LogP contribution in [0.4, 0.5) is 0 Å². The van der Waals surface area contributed by atoms with E-state index in [0.717, 1.165) is 4.68 Å². The Morgan fingerprint density at radius 1 is 1.12 bits per heavy atom. The van der Waals surface area contributed by atoms with Crippen molar-refractivity contribution >= 4 is 16.7 Å². The molecule has 0 aliphatic heterocycles. The Kier molecular flexibility index (Phi) is 4.24. The number of ether oxygens (including phenoxy) is 2. The van der Waals surface area contributed by atoms with E-state index >= 15 is 0 Å². The van der Waals surface area contributed by atoms with Crippen LogP contribution < -0.4 is 15.0 Å². The van der Waals surface area contributed by atoms with Gasteiger partial charge in [-0.1, -0.05) is 17.3 Å². The van der Waals surface area contributed by atoms with Crippen LogP contribution in [-0.2, 0) is 6.54 Å². The van der Waals surface area contributed by atoms with Crippen LogP contribution >= 0.6 is 0 Å². The van der Waals surface area contributed by atoms with Gasteiger partial charge in [-0.25, -0.2) is 4.68 Å². The molecule has 0 saturated carbocycles. The van der Waals surface area contributed by atoms with E-state index in [0.29, 0.717) is 28.0 Å². The summed E-state index contributed by atoms with van der Waals surface area (Å²) in [6.45, 7) is -0.223. The van der Waals surface area contributed by atoms with E-state index in [1.807, 2.05) is 0 Å². The van der Waals surface area contributed by atoms with Gasteiger partial charge in [0.1, 0.15) is 23.6 Å². The Labute approximate surface area is 137 Å². The Balaban J connectivity index is 1.96. The largest absolute Gasteiger partial charge is 0.497 e. The first-order valence-electron chi connectivity index (χ1n) is 7.22. The van der Waals surface area contributed by atoms with Crippen molar-refractivity contribution in [2.45, 2.75) is 6.54 Å². The van der Waals surface area contributed by atoms with E-state index in [4.69, 9.17) is 9.47 Å². The van der Waals surface area contributed by atoms with E-state index in [1.54, 1.807) is 42.5 Å². The summed E-state index contributed by atoms with van der Waals surface area (Å²) >= 11 is 0. The van der Waals surface area contributed by atoms with Crippen LogP contribution in [0.25, 0.3) is 10.9 Å². The van der Waals surface area contributed by atoms with Gasteiger partial charge in [-0.3, -0.25) is 9.59 Å². The van der Waals surface area contributed by atoms with E-state index < -0.39 is 0 Å². The molecule has 0 saturated heterocycles. The SMILES string of the molecule is COc1ccc(C(=O)Cn2nnc3ccccc3c2=O)c(OC)c1. The molecule has 0 amide bonds. The second-order valence-corrected chi connectivity index (χ2v) is 5.06. The molecule has 2 aromatic carbocycles. The number of hydrogen-bond donors (Lipinski definition) is 0. The maximum Gasteiger partial charge on any atom is 0.278 e. The molecule has 7 nitrogen and oxygen atoms in total. The molecule has 0 aliphatic rings. The van der Waals surface area contributed by atoms with E-state index in [9.17, 15) is 9.59 Å². The van der Waals surface area contributed by atoms with Crippen molar-refractivity contribution in [1.82, 2.24) is 15.0 Å². The third-order valence-corrected chi connectivity index (χ3v) is 3.63. The van der Waals surface area contributed by atoms with E-state index in [2.05, 4.69) is 10.3 Å². The highest BCUT2D eigenvalue weighted by Gasteiger charge is 2.16. The molecule has 7 heteroatoms. The second-order valence-electron chi connectivity index (χ2n) is 5.06. The van der Waals surface area contributed by atoms with Crippen molar-refractivity contribution < 1.29 is 14.3 Å². The fourth-order valence-electron chi connectivity index (χ4n) is 2.38. The molecule has 0 atom stereocenters. The summed E-state index contributed by atoms with van der Waals surface area (Å²) in [7, 11) is 2.99. The molecule has 0 unspecified atom stereocenters. The van der Waals surface area contributed by atoms with Gasteiger partial charge in [-0.15, -0.1) is 5.10 Å². The topological polar surface area (TPSA) is 83.3 Å². The lowest BCUT2D eigenvalue weighted by Gasteiger charge is -2.10. The third-order valence-electron chi connectivity index (χ3n) is 3.63. The number of methoxy groups -OCH3 is 2. The van der Waals surface area contributed by atoms with Gasteiger partial charge < -0.3 is 9.47 Å². The molecule has 3 aromatic rings. The van der Waals surface area contributed by atoms with Gasteiger partial charge in [0.25, 0.3) is 5.56 Å². The molecular formula is C17H15N3O4. The van der Waals surface area contributed by atoms with Crippen LogP contribution in [-0.4, -0.2) is 35.0 Å². The Bertz CT molecular complexity index is 965. The lowest BCUT2D eigenvalue weighted by Crippen LogP contribution is -2.28. The van der Waals surface area contributed by atoms with Crippen molar-refractivity contribution in [2.75, 3.05) is 14.2 Å². The molecule has 0 aliphatic carbocycles. The molecule has 0 N–H and O–H groups in total. The monoisotopic (exact) mass is 325 g/mol. The lowest BCUT2D eigenvalue weighted by atomic mass is 10.1. The van der Waals surface area contributed by atoms with Crippen molar-refractivity contribution in [3.63, 3.8) is 0 Å². The van der Waals surface area contributed by atoms with Gasteiger partial charge in [0.15, 0.2) is 5.78 Å². The summed E-state index contributed by atoms with van der Waals surface area (Å²) in [5.74, 6) is 0.647. The number of fused-ring (bicyclic) bond motifs is 1. The highest BCUT2D eigenvalue weighted by Crippen LogP contribution is 2.25. The summed E-state index contributed by atoms with van der Waals surface area (Å²) in [4.78, 5) is 24.9. The molecular weight excluding hydrogens is 310 g/mol. The van der Waals surface area contributed by atoms with Crippen LogP contribution in [0, 0.1) is 0 Å².